The number of hydrogen-bond acceptors (Lipinski definition) is 5. The summed E-state index contributed by atoms with van der Waals surface area (Å²) in [5, 5.41) is 10.6. The van der Waals surface area contributed by atoms with E-state index in [1.165, 1.54) is 5.56 Å². The number of unbranched alkanes of at least 4 members (excludes halogenated alkanes) is 1. The second-order valence-electron chi connectivity index (χ2n) is 8.19. The highest BCUT2D eigenvalue weighted by Crippen LogP contribution is 2.30. The molecule has 0 aliphatic carbocycles. The van der Waals surface area contributed by atoms with Crippen molar-refractivity contribution in [3.8, 4) is 5.75 Å². The molecule has 2 aromatic rings. The third-order valence-corrected chi connectivity index (χ3v) is 5.69. The molecule has 0 saturated carbocycles. The third kappa shape index (κ3) is 7.53. The van der Waals surface area contributed by atoms with Crippen molar-refractivity contribution in [2.24, 2.45) is 0 Å². The highest BCUT2D eigenvalue weighted by molar-refractivity contribution is 5.67. The van der Waals surface area contributed by atoms with E-state index in [2.05, 4.69) is 19.1 Å². The fourth-order valence-corrected chi connectivity index (χ4v) is 3.81. The van der Waals surface area contributed by atoms with Crippen LogP contribution < -0.4 is 4.74 Å². The molecule has 0 aromatic heterocycles. The molecule has 6 heteroatoms. The van der Waals surface area contributed by atoms with E-state index in [-0.39, 0.29) is 12.0 Å². The first-order valence-electron chi connectivity index (χ1n) is 11.6. The van der Waals surface area contributed by atoms with Crippen molar-refractivity contribution in [1.82, 2.24) is 4.90 Å². The third-order valence-electron chi connectivity index (χ3n) is 5.69. The summed E-state index contributed by atoms with van der Waals surface area (Å²) in [6.07, 6.45) is 2.45. The second kappa shape index (κ2) is 13.1. The summed E-state index contributed by atoms with van der Waals surface area (Å²) in [6.45, 7) is 5.25. The molecule has 174 valence electrons. The number of hydrogen-bond donors (Lipinski definition) is 1. The summed E-state index contributed by atoms with van der Waals surface area (Å²) in [5.74, 6) is 0.818. The number of β-amino-alcohol motifs (C(OH)–C–C–N with tert-alkyl or cyclic N) is 1. The number of carbonyl (C=O) groups is 1. The highest BCUT2D eigenvalue weighted by atomic mass is 16.6. The van der Waals surface area contributed by atoms with Gasteiger partial charge in [-0.15, -0.1) is 0 Å². The van der Waals surface area contributed by atoms with Crippen LogP contribution in [0.4, 0.5) is 4.79 Å². The van der Waals surface area contributed by atoms with Crippen LogP contribution in [-0.4, -0.2) is 55.1 Å². The lowest BCUT2D eigenvalue weighted by Crippen LogP contribution is -2.46. The van der Waals surface area contributed by atoms with Gasteiger partial charge in [-0.05, 0) is 36.1 Å². The van der Waals surface area contributed by atoms with E-state index in [1.807, 2.05) is 42.5 Å². The number of carbonyl (C=O) groups excluding carboxylic acids is 1. The van der Waals surface area contributed by atoms with Gasteiger partial charge in [-0.25, -0.2) is 4.79 Å². The van der Waals surface area contributed by atoms with E-state index in [1.54, 1.807) is 4.90 Å². The van der Waals surface area contributed by atoms with Gasteiger partial charge in [-0.1, -0.05) is 55.8 Å². The van der Waals surface area contributed by atoms with E-state index < -0.39 is 6.10 Å². The van der Waals surface area contributed by atoms with Crippen molar-refractivity contribution in [3.05, 3.63) is 65.7 Å². The second-order valence-corrected chi connectivity index (χ2v) is 8.19. The molecule has 1 aliphatic heterocycles. The van der Waals surface area contributed by atoms with Crippen molar-refractivity contribution in [2.75, 3.05) is 32.9 Å². The molecule has 2 aromatic carbocycles. The van der Waals surface area contributed by atoms with Gasteiger partial charge in [0.1, 0.15) is 5.75 Å². The predicted molar refractivity (Wildman–Crippen MR) is 124 cm³/mol. The molecule has 3 rings (SSSR count). The van der Waals surface area contributed by atoms with Gasteiger partial charge in [0.2, 0.25) is 0 Å². The van der Waals surface area contributed by atoms with Gasteiger partial charge < -0.3 is 24.2 Å². The molecule has 1 fully saturated rings. The van der Waals surface area contributed by atoms with Gasteiger partial charge in [0.15, 0.2) is 0 Å². The van der Waals surface area contributed by atoms with Crippen LogP contribution in [0, 0.1) is 0 Å². The lowest BCUT2D eigenvalue weighted by Gasteiger charge is -2.35. The van der Waals surface area contributed by atoms with Crippen LogP contribution in [0.3, 0.4) is 0 Å². The minimum atomic E-state index is -0.601. The van der Waals surface area contributed by atoms with E-state index >= 15 is 0 Å². The topological polar surface area (TPSA) is 68.2 Å². The van der Waals surface area contributed by atoms with Crippen molar-refractivity contribution in [1.29, 1.82) is 0 Å². The number of ether oxygens (including phenoxy) is 3. The summed E-state index contributed by atoms with van der Waals surface area (Å²) < 4.78 is 16.7. The SMILES string of the molecule is CCCCOC(=O)N1CCC(c2ccc(OCCCOCc3ccccc3)cc2)C(O)C1. The maximum atomic E-state index is 12.1. The molecule has 1 N–H and O–H groups in total. The maximum Gasteiger partial charge on any atom is 0.409 e. The average Bonchev–Trinajstić information content (AvgIpc) is 2.82. The number of aliphatic hydroxyl groups excluding tert-OH is 1. The first-order chi connectivity index (χ1) is 15.7. The minimum Gasteiger partial charge on any atom is -0.494 e. The lowest BCUT2D eigenvalue weighted by molar-refractivity contribution is 0.0365. The minimum absolute atomic E-state index is 0.00938. The van der Waals surface area contributed by atoms with Gasteiger partial charge in [-0.2, -0.15) is 0 Å². The molecule has 1 aliphatic rings. The van der Waals surface area contributed by atoms with Crippen LogP contribution in [0.15, 0.2) is 54.6 Å². The average molecular weight is 442 g/mol. The number of piperidine rings is 1. The van der Waals surface area contributed by atoms with Crippen molar-refractivity contribution >= 4 is 6.09 Å². The molecule has 1 amide bonds. The molecule has 0 spiro atoms. The number of aliphatic hydroxyl groups is 1. The molecule has 32 heavy (non-hydrogen) atoms. The fourth-order valence-electron chi connectivity index (χ4n) is 3.81. The Hall–Kier alpha value is -2.57. The molecular formula is C26H35NO5. The monoisotopic (exact) mass is 441 g/mol. The van der Waals surface area contributed by atoms with Crippen LogP contribution >= 0.6 is 0 Å². The van der Waals surface area contributed by atoms with Gasteiger partial charge in [-0.3, -0.25) is 0 Å². The Morgan fingerprint density at radius 3 is 2.53 bits per heavy atom. The smallest absolute Gasteiger partial charge is 0.409 e. The molecule has 0 bridgehead atoms. The molecular weight excluding hydrogens is 406 g/mol. The van der Waals surface area contributed by atoms with Gasteiger partial charge in [0.25, 0.3) is 0 Å². The van der Waals surface area contributed by atoms with Crippen LogP contribution in [0.25, 0.3) is 0 Å². The van der Waals surface area contributed by atoms with Gasteiger partial charge in [0.05, 0.1) is 39.1 Å². The van der Waals surface area contributed by atoms with E-state index in [0.29, 0.717) is 45.9 Å². The zero-order chi connectivity index (χ0) is 22.6. The Bertz CT molecular complexity index is 796. The zero-order valence-corrected chi connectivity index (χ0v) is 18.9. The van der Waals surface area contributed by atoms with E-state index in [4.69, 9.17) is 14.2 Å². The first kappa shape index (κ1) is 24.1. The van der Waals surface area contributed by atoms with Crippen LogP contribution in [-0.2, 0) is 16.1 Å². The molecule has 2 atom stereocenters. The molecule has 0 radical (unpaired) electrons. The highest BCUT2D eigenvalue weighted by Gasteiger charge is 2.31. The summed E-state index contributed by atoms with van der Waals surface area (Å²) in [6, 6.07) is 18.0. The largest absolute Gasteiger partial charge is 0.494 e. The first-order valence-corrected chi connectivity index (χ1v) is 11.6. The van der Waals surface area contributed by atoms with Gasteiger partial charge >= 0.3 is 6.09 Å². The quantitative estimate of drug-likeness (QED) is 0.509. The normalized spacial score (nSPS) is 18.4. The van der Waals surface area contributed by atoms with Crippen molar-refractivity contribution in [3.63, 3.8) is 0 Å². The summed E-state index contributed by atoms with van der Waals surface area (Å²) >= 11 is 0. The molecule has 1 saturated heterocycles. The van der Waals surface area contributed by atoms with Crippen LogP contribution in [0.5, 0.6) is 5.75 Å². The number of rotatable bonds is 11. The van der Waals surface area contributed by atoms with Gasteiger partial charge in [0, 0.05) is 18.9 Å². The summed E-state index contributed by atoms with van der Waals surface area (Å²) in [4.78, 5) is 13.7. The standard InChI is InChI=1S/C26H35NO5/c1-2-3-17-32-26(29)27-15-14-24(25(28)19-27)22-10-12-23(13-11-22)31-18-7-16-30-20-21-8-5-4-6-9-21/h4-6,8-13,24-25,28H,2-3,7,14-20H2,1H3. The van der Waals surface area contributed by atoms with Crippen LogP contribution in [0.1, 0.15) is 49.7 Å². The van der Waals surface area contributed by atoms with Crippen LogP contribution in [0.2, 0.25) is 0 Å². The molecule has 6 nitrogen and oxygen atoms in total. The predicted octanol–water partition coefficient (Wildman–Crippen LogP) is 4.76. The van der Waals surface area contributed by atoms with E-state index in [9.17, 15) is 9.90 Å². The maximum absolute atomic E-state index is 12.1. The molecule has 1 heterocycles. The fraction of sp³-hybridized carbons (Fsp3) is 0.500. The van der Waals surface area contributed by atoms with Crippen molar-refractivity contribution in [2.45, 2.75) is 51.2 Å². The number of amides is 1. The van der Waals surface area contributed by atoms with Crippen molar-refractivity contribution < 1.29 is 24.1 Å². The number of benzene rings is 2. The Balaban J connectivity index is 1.35. The zero-order valence-electron chi connectivity index (χ0n) is 18.9. The Labute approximate surface area is 191 Å². The Morgan fingerprint density at radius 1 is 1.03 bits per heavy atom. The summed E-state index contributed by atoms with van der Waals surface area (Å²) in [7, 11) is 0. The lowest BCUT2D eigenvalue weighted by atomic mass is 9.87. The summed E-state index contributed by atoms with van der Waals surface area (Å²) in [5.41, 5.74) is 2.24. The molecule has 2 unspecified atom stereocenters. The Morgan fingerprint density at radius 2 is 1.81 bits per heavy atom. The Kier molecular flexibility index (Phi) is 9.85. The number of nitrogens with zero attached hydrogens (tertiary/aromatic N) is 1. The van der Waals surface area contributed by atoms with E-state index in [0.717, 1.165) is 30.6 Å². The number of likely N-dealkylation sites (tertiary alicyclic amines) is 1.